The monoisotopic (exact) mass is 1090 g/mol. The van der Waals surface area contributed by atoms with Crippen LogP contribution in [0.15, 0.2) is 156 Å². The van der Waals surface area contributed by atoms with Crippen molar-refractivity contribution in [1.82, 2.24) is 9.97 Å². The number of furan rings is 1. The smallest absolute Gasteiger partial charge is 0.394 e. The number of benzene rings is 7. The van der Waals surface area contributed by atoms with Gasteiger partial charge >= 0.3 is 6.18 Å². The third-order valence-corrected chi connectivity index (χ3v) is 11.5. The predicted molar refractivity (Wildman–Crippen MR) is 271 cm³/mol. The van der Waals surface area contributed by atoms with Crippen LogP contribution in [0.4, 0.5) is 13.2 Å². The number of halogens is 3. The maximum Gasteiger partial charge on any atom is 0.394 e. The first kappa shape index (κ1) is 34.0. The Morgan fingerprint density at radius 3 is 2.06 bits per heavy atom. The maximum atomic E-state index is 14.0. The fraction of sp³-hybridized carbons (Fsp3) is 0.213. The molecule has 0 fully saturated rings. The van der Waals surface area contributed by atoms with E-state index in [9.17, 15) is 13.2 Å². The van der Waals surface area contributed by atoms with Crippen molar-refractivity contribution >= 4 is 43.5 Å². The van der Waals surface area contributed by atoms with Crippen molar-refractivity contribution in [3.05, 3.63) is 192 Å². The van der Waals surface area contributed by atoms with Crippen LogP contribution in [0.5, 0.6) is 0 Å². The van der Waals surface area contributed by atoms with E-state index in [1.807, 2.05) is 106 Å². The summed E-state index contributed by atoms with van der Waals surface area (Å²) in [7, 11) is 0. The van der Waals surface area contributed by atoms with Crippen LogP contribution in [0, 0.1) is 43.5 Å². The Morgan fingerprint density at radius 1 is 0.588 bits per heavy atom. The van der Waals surface area contributed by atoms with E-state index in [0.717, 1.165) is 62.3 Å². The zero-order chi connectivity index (χ0) is 58.3. The van der Waals surface area contributed by atoms with Crippen molar-refractivity contribution in [3.63, 3.8) is 0 Å². The number of aryl methyl sites for hydroxylation is 3. The number of aromatic nitrogens is 2. The molecule has 0 N–H and O–H groups in total. The minimum atomic E-state index is -4.96. The van der Waals surface area contributed by atoms with Gasteiger partial charge in [0.2, 0.25) is 0 Å². The van der Waals surface area contributed by atoms with E-state index in [0.29, 0.717) is 53.0 Å². The zero-order valence-corrected chi connectivity index (χ0v) is 40.1. The average molecular weight is 1090 g/mol. The summed E-state index contributed by atoms with van der Waals surface area (Å²) in [5.74, 6) is 0. The molecular weight excluding hydrogens is 1030 g/mol. The van der Waals surface area contributed by atoms with Gasteiger partial charge in [-0.3, -0.25) is 0 Å². The SMILES string of the molecule is [2H]C([2H])([2H])c1c[c-]c(-c2ccc(C([2H])([2H])C(C)(C)C)cn2)cc1-c1ccccc1.[2H]C([2H])([2H])c1cnc(-c2[c-]ccc3c2oc2cc4c(ccc5ccccc54)cc23)cc1-c1ccc(C([2H])([2H])C(C)(C)C(F)(F)F)cc1C([2H])([2H])[2H].[Ir]. The second-order valence-electron chi connectivity index (χ2n) is 18.0. The molecule has 3 heterocycles. The van der Waals surface area contributed by atoms with Crippen LogP contribution in [-0.4, -0.2) is 16.1 Å². The molecule has 10 aromatic rings. The third kappa shape index (κ3) is 9.92. The van der Waals surface area contributed by atoms with E-state index in [-0.39, 0.29) is 48.1 Å². The number of hydrogen-bond donors (Lipinski definition) is 0. The van der Waals surface area contributed by atoms with Crippen LogP contribution in [0.3, 0.4) is 0 Å². The van der Waals surface area contributed by atoms with Crippen molar-refractivity contribution in [1.29, 1.82) is 0 Å². The predicted octanol–water partition coefficient (Wildman–Crippen LogP) is 17.3. The summed E-state index contributed by atoms with van der Waals surface area (Å²) in [5.41, 5.74) is 0.172. The average Bonchev–Trinajstić information content (AvgIpc) is 4.07. The van der Waals surface area contributed by atoms with Gasteiger partial charge in [0, 0.05) is 55.7 Å². The van der Waals surface area contributed by atoms with Gasteiger partial charge in [-0.05, 0) is 116 Å². The molecule has 0 aliphatic heterocycles. The Bertz CT molecular complexity index is 3980. The maximum absolute atomic E-state index is 14.0. The van der Waals surface area contributed by atoms with Crippen molar-refractivity contribution in [2.24, 2.45) is 10.8 Å². The van der Waals surface area contributed by atoms with E-state index < -0.39 is 61.4 Å². The van der Waals surface area contributed by atoms with Gasteiger partial charge in [-0.2, -0.15) is 13.2 Å². The fourth-order valence-electron chi connectivity index (χ4n) is 8.09. The molecule has 0 saturated heterocycles. The number of pyridine rings is 2. The summed E-state index contributed by atoms with van der Waals surface area (Å²) in [5, 5.41) is 5.71. The molecule has 0 bridgehead atoms. The molecule has 0 aliphatic rings. The Kier molecular flexibility index (Phi) is 9.46. The number of nitrogens with zero attached hydrogens (tertiary/aromatic N) is 2. The van der Waals surface area contributed by atoms with E-state index in [1.165, 1.54) is 12.1 Å². The van der Waals surface area contributed by atoms with Crippen LogP contribution in [-0.2, 0) is 32.9 Å². The van der Waals surface area contributed by atoms with E-state index >= 15 is 0 Å². The standard InChI is InChI=1S/C38H29F3NO.C23H24N.Ir/c1-22-16-24(20-37(3,4)38(39,40)41)12-15-27(22)31-18-34(42-21-23(31)2)30-11-7-10-29-33-17-26-14-13-25-8-5-6-9-28(25)32(26)19-35(33)43-36(29)30;1-17-10-12-20(14-21(17)19-8-6-5-7-9-19)22-13-11-18(16-24-22)15-23(2,3)4;/h5-10,12-19,21H,20H2,1-4H3;5-11,13-14,16H,15H2,1-4H3;/q2*-1;/i1D3,2D3,20D2;1D3,15D2;. The molecule has 0 atom stereocenters. The zero-order valence-electron chi connectivity index (χ0n) is 50.7. The number of fused-ring (bicyclic) bond motifs is 6. The van der Waals surface area contributed by atoms with Crippen LogP contribution < -0.4 is 0 Å². The molecule has 0 spiro atoms. The first-order chi connectivity index (χ1) is 37.1. The topological polar surface area (TPSA) is 38.9 Å². The molecule has 0 amide bonds. The van der Waals surface area contributed by atoms with Gasteiger partial charge in [0.05, 0.1) is 11.0 Å². The van der Waals surface area contributed by atoms with Crippen molar-refractivity contribution in [2.45, 2.75) is 74.1 Å². The molecular formula is C61H53F3IrN2O-2. The molecule has 0 saturated carbocycles. The summed E-state index contributed by atoms with van der Waals surface area (Å²) in [6.07, 6.45) is -6.85. The summed E-state index contributed by atoms with van der Waals surface area (Å²) < 4.78 is 155. The summed E-state index contributed by atoms with van der Waals surface area (Å²) in [6, 6.07) is 46.5. The van der Waals surface area contributed by atoms with Crippen molar-refractivity contribution < 1.29 is 55.5 Å². The summed E-state index contributed by atoms with van der Waals surface area (Å²) >= 11 is 0. The normalized spacial score (nSPS) is 15.9. The Labute approximate surface area is 429 Å². The third-order valence-electron chi connectivity index (χ3n) is 11.5. The van der Waals surface area contributed by atoms with E-state index in [4.69, 9.17) is 22.2 Å². The van der Waals surface area contributed by atoms with Gasteiger partial charge in [0.15, 0.2) is 0 Å². The van der Waals surface area contributed by atoms with Crippen molar-refractivity contribution in [3.8, 4) is 44.8 Å². The fourth-order valence-corrected chi connectivity index (χ4v) is 8.09. The molecule has 68 heavy (non-hydrogen) atoms. The number of rotatable bonds is 7. The molecule has 3 aromatic heterocycles. The molecule has 345 valence electrons. The molecule has 7 aromatic carbocycles. The van der Waals surface area contributed by atoms with Gasteiger partial charge in [-0.1, -0.05) is 161 Å². The Balaban J connectivity index is 0.000000244. The van der Waals surface area contributed by atoms with Crippen molar-refractivity contribution in [2.75, 3.05) is 0 Å². The van der Waals surface area contributed by atoms with E-state index in [2.05, 4.69) is 22.1 Å². The molecule has 7 heteroatoms. The van der Waals surface area contributed by atoms with Gasteiger partial charge in [-0.25, -0.2) is 0 Å². The second-order valence-corrected chi connectivity index (χ2v) is 18.0. The summed E-state index contributed by atoms with van der Waals surface area (Å²) in [6.45, 7) is -1.00. The minimum Gasteiger partial charge on any atom is -0.501 e. The minimum absolute atomic E-state index is 0. The Morgan fingerprint density at radius 2 is 1.32 bits per heavy atom. The molecule has 1 radical (unpaired) electrons. The quantitative estimate of drug-likeness (QED) is 0.118. The first-order valence-corrected chi connectivity index (χ1v) is 21.6. The van der Waals surface area contributed by atoms with Gasteiger partial charge in [-0.15, -0.1) is 47.5 Å². The van der Waals surface area contributed by atoms with Crippen LogP contribution >= 0.6 is 0 Å². The van der Waals surface area contributed by atoms with Gasteiger partial charge in [0.25, 0.3) is 0 Å². The van der Waals surface area contributed by atoms with Crippen LogP contribution in [0.2, 0.25) is 0 Å². The molecule has 10 rings (SSSR count). The van der Waals surface area contributed by atoms with Gasteiger partial charge < -0.3 is 14.4 Å². The number of hydrogen-bond acceptors (Lipinski definition) is 3. The van der Waals surface area contributed by atoms with Crippen LogP contribution in [0.25, 0.3) is 88.3 Å². The first-order valence-electron chi connectivity index (χ1n) is 28.1. The largest absolute Gasteiger partial charge is 0.501 e. The number of alkyl halides is 3. The van der Waals surface area contributed by atoms with Crippen LogP contribution in [0.1, 0.15) is 80.3 Å². The van der Waals surface area contributed by atoms with E-state index in [1.54, 1.807) is 30.5 Å². The van der Waals surface area contributed by atoms with Gasteiger partial charge in [0.1, 0.15) is 5.58 Å². The second kappa shape index (κ2) is 18.9. The molecule has 3 nitrogen and oxygen atoms in total. The Hall–Kier alpha value is -6.40. The molecule has 0 unspecified atom stereocenters. The molecule has 0 aliphatic carbocycles. The summed E-state index contributed by atoms with van der Waals surface area (Å²) in [4.78, 5) is 8.89.